The molecule has 1 aliphatic rings. The zero-order valence-electron chi connectivity index (χ0n) is 12.7. The predicted molar refractivity (Wildman–Crippen MR) is 84.0 cm³/mol. The number of carbonyl (C=O) groups excluding carboxylic acids is 2. The van der Waals surface area contributed by atoms with Gasteiger partial charge in [0.05, 0.1) is 13.0 Å². The van der Waals surface area contributed by atoms with Crippen LogP contribution in [-0.2, 0) is 22.6 Å². The maximum Gasteiger partial charge on any atom is 0.248 e. The number of anilines is 1. The third kappa shape index (κ3) is 3.52. The standard InChI is InChI=1S/C17H15FN2O4/c18-13-4-11(16-12(5-13)8-23-9-24-16)7-15(21)20-14-3-1-2-10(6-14)17(19)22/h1-6H,7-9H2,(H2,19,22)(H,20,21). The number of rotatable bonds is 4. The highest BCUT2D eigenvalue weighted by molar-refractivity contribution is 5.96. The van der Waals surface area contributed by atoms with Crippen molar-refractivity contribution in [2.75, 3.05) is 12.1 Å². The Bertz CT molecular complexity index is 807. The molecule has 0 saturated heterocycles. The third-order valence-corrected chi connectivity index (χ3v) is 3.53. The van der Waals surface area contributed by atoms with Crippen molar-refractivity contribution in [3.8, 4) is 5.75 Å². The summed E-state index contributed by atoms with van der Waals surface area (Å²) in [4.78, 5) is 23.4. The van der Waals surface area contributed by atoms with E-state index in [4.69, 9.17) is 15.2 Å². The molecule has 1 heterocycles. The second kappa shape index (κ2) is 6.67. The van der Waals surface area contributed by atoms with Crippen molar-refractivity contribution in [1.29, 1.82) is 0 Å². The van der Waals surface area contributed by atoms with Crippen molar-refractivity contribution in [2.24, 2.45) is 5.73 Å². The fraction of sp³-hybridized carbons (Fsp3) is 0.176. The lowest BCUT2D eigenvalue weighted by atomic mass is 10.0. The number of halogens is 1. The number of carbonyl (C=O) groups is 2. The van der Waals surface area contributed by atoms with Gasteiger partial charge < -0.3 is 20.5 Å². The van der Waals surface area contributed by atoms with E-state index in [0.29, 0.717) is 22.6 Å². The van der Waals surface area contributed by atoms with Gasteiger partial charge in [-0.3, -0.25) is 9.59 Å². The Labute approximate surface area is 137 Å². The minimum absolute atomic E-state index is 0.0634. The van der Waals surface area contributed by atoms with Crippen LogP contribution in [0, 0.1) is 5.82 Å². The average Bonchev–Trinajstić information content (AvgIpc) is 2.54. The second-order valence-electron chi connectivity index (χ2n) is 5.33. The molecule has 0 atom stereocenters. The summed E-state index contributed by atoms with van der Waals surface area (Å²) in [6.45, 7) is 0.302. The van der Waals surface area contributed by atoms with Gasteiger partial charge in [-0.1, -0.05) is 6.07 Å². The van der Waals surface area contributed by atoms with Gasteiger partial charge in [-0.2, -0.15) is 0 Å². The van der Waals surface area contributed by atoms with Gasteiger partial charge in [0, 0.05) is 22.4 Å². The van der Waals surface area contributed by atoms with Crippen LogP contribution in [0.5, 0.6) is 5.75 Å². The van der Waals surface area contributed by atoms with Crippen molar-refractivity contribution >= 4 is 17.5 Å². The van der Waals surface area contributed by atoms with Crippen LogP contribution in [0.4, 0.5) is 10.1 Å². The van der Waals surface area contributed by atoms with Crippen molar-refractivity contribution < 1.29 is 23.5 Å². The molecule has 0 unspecified atom stereocenters. The largest absolute Gasteiger partial charge is 0.467 e. The molecule has 0 aromatic heterocycles. The summed E-state index contributed by atoms with van der Waals surface area (Å²) >= 11 is 0. The van der Waals surface area contributed by atoms with Crippen LogP contribution in [0.3, 0.4) is 0 Å². The van der Waals surface area contributed by atoms with Crippen LogP contribution in [-0.4, -0.2) is 18.6 Å². The lowest BCUT2D eigenvalue weighted by Crippen LogP contribution is -2.19. The maximum atomic E-state index is 13.7. The van der Waals surface area contributed by atoms with Crippen molar-refractivity contribution in [3.05, 3.63) is 58.9 Å². The average molecular weight is 330 g/mol. The van der Waals surface area contributed by atoms with E-state index < -0.39 is 11.7 Å². The molecule has 0 radical (unpaired) electrons. The zero-order chi connectivity index (χ0) is 17.1. The highest BCUT2D eigenvalue weighted by Crippen LogP contribution is 2.30. The summed E-state index contributed by atoms with van der Waals surface area (Å²) in [5.41, 5.74) is 6.94. The van der Waals surface area contributed by atoms with E-state index in [0.717, 1.165) is 0 Å². The van der Waals surface area contributed by atoms with E-state index in [9.17, 15) is 14.0 Å². The number of amides is 2. The predicted octanol–water partition coefficient (Wildman–Crippen LogP) is 1.97. The first kappa shape index (κ1) is 15.9. The SMILES string of the molecule is NC(=O)c1cccc(NC(=O)Cc2cc(F)cc3c2OCOC3)c1. The number of nitrogens with two attached hydrogens (primary N) is 1. The topological polar surface area (TPSA) is 90.7 Å². The Kier molecular flexibility index (Phi) is 4.43. The summed E-state index contributed by atoms with van der Waals surface area (Å²) in [7, 11) is 0. The first-order valence-corrected chi connectivity index (χ1v) is 7.24. The molecule has 6 nitrogen and oxygen atoms in total. The molecule has 124 valence electrons. The highest BCUT2D eigenvalue weighted by atomic mass is 19.1. The Balaban J connectivity index is 1.77. The van der Waals surface area contributed by atoms with Gasteiger partial charge in [0.1, 0.15) is 11.6 Å². The van der Waals surface area contributed by atoms with E-state index in [1.165, 1.54) is 18.2 Å². The Hall–Kier alpha value is -2.93. The van der Waals surface area contributed by atoms with Crippen LogP contribution in [0.15, 0.2) is 36.4 Å². The molecular weight excluding hydrogens is 315 g/mol. The first-order valence-electron chi connectivity index (χ1n) is 7.24. The fourth-order valence-corrected chi connectivity index (χ4v) is 2.52. The Morgan fingerprint density at radius 3 is 2.88 bits per heavy atom. The summed E-state index contributed by atoms with van der Waals surface area (Å²) in [6.07, 6.45) is -0.0686. The van der Waals surface area contributed by atoms with E-state index in [-0.39, 0.29) is 31.3 Å². The third-order valence-electron chi connectivity index (χ3n) is 3.53. The number of nitrogens with one attached hydrogen (secondary N) is 1. The van der Waals surface area contributed by atoms with Crippen LogP contribution in [0.2, 0.25) is 0 Å². The fourth-order valence-electron chi connectivity index (χ4n) is 2.52. The molecule has 2 amide bonds. The number of hydrogen-bond donors (Lipinski definition) is 2. The van der Waals surface area contributed by atoms with Gasteiger partial charge in [-0.25, -0.2) is 4.39 Å². The van der Waals surface area contributed by atoms with E-state index in [1.807, 2.05) is 0 Å². The Morgan fingerprint density at radius 2 is 2.08 bits per heavy atom. The molecule has 7 heteroatoms. The van der Waals surface area contributed by atoms with Gasteiger partial charge in [0.15, 0.2) is 6.79 Å². The molecule has 3 N–H and O–H groups in total. The molecule has 0 spiro atoms. The van der Waals surface area contributed by atoms with Gasteiger partial charge >= 0.3 is 0 Å². The molecule has 0 fully saturated rings. The Morgan fingerprint density at radius 1 is 1.25 bits per heavy atom. The quantitative estimate of drug-likeness (QED) is 0.897. The van der Waals surface area contributed by atoms with Crippen LogP contribution < -0.4 is 15.8 Å². The molecule has 2 aromatic carbocycles. The van der Waals surface area contributed by atoms with E-state index in [2.05, 4.69) is 5.32 Å². The smallest absolute Gasteiger partial charge is 0.248 e. The summed E-state index contributed by atoms with van der Waals surface area (Å²) in [6, 6.07) is 8.87. The number of hydrogen-bond acceptors (Lipinski definition) is 4. The van der Waals surface area contributed by atoms with Gasteiger partial charge in [-0.15, -0.1) is 0 Å². The minimum Gasteiger partial charge on any atom is -0.467 e. The molecule has 0 saturated carbocycles. The van der Waals surface area contributed by atoms with E-state index >= 15 is 0 Å². The normalized spacial score (nSPS) is 12.9. The summed E-state index contributed by atoms with van der Waals surface area (Å²) in [5.74, 6) is -0.928. The maximum absolute atomic E-state index is 13.7. The molecule has 0 bridgehead atoms. The second-order valence-corrected chi connectivity index (χ2v) is 5.33. The zero-order valence-corrected chi connectivity index (χ0v) is 12.7. The molecular formula is C17H15FN2O4. The lowest BCUT2D eigenvalue weighted by Gasteiger charge is -2.20. The van der Waals surface area contributed by atoms with Crippen molar-refractivity contribution in [2.45, 2.75) is 13.0 Å². The van der Waals surface area contributed by atoms with Crippen LogP contribution >= 0.6 is 0 Å². The highest BCUT2D eigenvalue weighted by Gasteiger charge is 2.19. The first-order chi connectivity index (χ1) is 11.5. The number of fused-ring (bicyclic) bond motifs is 1. The number of benzene rings is 2. The van der Waals surface area contributed by atoms with Crippen molar-refractivity contribution in [3.63, 3.8) is 0 Å². The number of primary amides is 1. The minimum atomic E-state index is -0.585. The molecule has 24 heavy (non-hydrogen) atoms. The number of ether oxygens (including phenoxy) is 2. The summed E-state index contributed by atoms with van der Waals surface area (Å²) < 4.78 is 24.2. The monoisotopic (exact) mass is 330 g/mol. The van der Waals surface area contributed by atoms with E-state index in [1.54, 1.807) is 18.2 Å². The molecule has 2 aromatic rings. The molecule has 1 aliphatic heterocycles. The van der Waals surface area contributed by atoms with Gasteiger partial charge in [0.25, 0.3) is 0 Å². The van der Waals surface area contributed by atoms with Crippen molar-refractivity contribution in [1.82, 2.24) is 0 Å². The van der Waals surface area contributed by atoms with Crippen LogP contribution in [0.25, 0.3) is 0 Å². The van der Waals surface area contributed by atoms with Gasteiger partial charge in [0.2, 0.25) is 11.8 Å². The molecule has 3 rings (SSSR count). The lowest BCUT2D eigenvalue weighted by molar-refractivity contribution is -0.115. The van der Waals surface area contributed by atoms with Gasteiger partial charge in [-0.05, 0) is 30.3 Å². The van der Waals surface area contributed by atoms with Crippen LogP contribution in [0.1, 0.15) is 21.5 Å². The summed E-state index contributed by atoms with van der Waals surface area (Å²) in [5, 5.41) is 2.66. The molecule has 0 aliphatic carbocycles.